The minimum Gasteiger partial charge on any atom is -0.382 e. The first kappa shape index (κ1) is 7.92. The van der Waals surface area contributed by atoms with Gasteiger partial charge in [0.15, 0.2) is 0 Å². The average Bonchev–Trinajstić information content (AvgIpc) is 1.68. The van der Waals surface area contributed by atoms with E-state index in [4.69, 9.17) is 9.47 Å². The third-order valence-corrected chi connectivity index (χ3v) is 0.738. The highest BCUT2D eigenvalue weighted by Crippen LogP contribution is 1.98. The Hall–Kier alpha value is -0.0800. The van der Waals surface area contributed by atoms with E-state index in [2.05, 4.69) is 0 Å². The average molecular weight is 117 g/mol. The van der Waals surface area contributed by atoms with Gasteiger partial charge in [0.05, 0.1) is 6.61 Å². The van der Waals surface area contributed by atoms with Crippen LogP contribution in [0.3, 0.4) is 0 Å². The lowest BCUT2D eigenvalue weighted by atomic mass is 10.4. The fourth-order valence-corrected chi connectivity index (χ4v) is 0.491. The summed E-state index contributed by atoms with van der Waals surface area (Å²) in [4.78, 5) is 0. The van der Waals surface area contributed by atoms with Crippen molar-refractivity contribution in [2.24, 2.45) is 0 Å². The molecule has 2 nitrogen and oxygen atoms in total. The Morgan fingerprint density at radius 3 is 2.50 bits per heavy atom. The van der Waals surface area contributed by atoms with Gasteiger partial charge >= 0.3 is 0 Å². The minimum atomic E-state index is 0.605. The Kier molecular flexibility index (Phi) is 5.01. The lowest BCUT2D eigenvalue weighted by Crippen LogP contribution is -2.04. The SMILES string of the molecule is CCO[C](C)COC. The van der Waals surface area contributed by atoms with Crippen LogP contribution in [-0.2, 0) is 9.47 Å². The smallest absolute Gasteiger partial charge is 0.119 e. The molecular formula is C6H13O2. The second-order valence-electron chi connectivity index (χ2n) is 1.57. The van der Waals surface area contributed by atoms with E-state index < -0.39 is 0 Å². The molecule has 0 spiro atoms. The van der Waals surface area contributed by atoms with E-state index in [0.29, 0.717) is 6.61 Å². The second-order valence-corrected chi connectivity index (χ2v) is 1.57. The highest BCUT2D eigenvalue weighted by Gasteiger charge is 1.97. The lowest BCUT2D eigenvalue weighted by molar-refractivity contribution is 0.0870. The Morgan fingerprint density at radius 2 is 2.12 bits per heavy atom. The molecule has 0 amide bonds. The molecule has 0 aliphatic rings. The van der Waals surface area contributed by atoms with Gasteiger partial charge in [-0.2, -0.15) is 0 Å². The molecule has 0 aromatic carbocycles. The van der Waals surface area contributed by atoms with Gasteiger partial charge in [0, 0.05) is 13.7 Å². The molecule has 0 bridgehead atoms. The molecule has 0 fully saturated rings. The standard InChI is InChI=1S/C6H13O2/c1-4-8-6(2)5-7-3/h4-5H2,1-3H3. The highest BCUT2D eigenvalue weighted by molar-refractivity contribution is 4.68. The van der Waals surface area contributed by atoms with Crippen molar-refractivity contribution in [2.45, 2.75) is 13.8 Å². The number of methoxy groups -OCH3 is 1. The van der Waals surface area contributed by atoms with Crippen molar-refractivity contribution in [1.82, 2.24) is 0 Å². The number of hydrogen-bond acceptors (Lipinski definition) is 2. The zero-order valence-corrected chi connectivity index (χ0v) is 5.73. The number of rotatable bonds is 4. The van der Waals surface area contributed by atoms with Crippen LogP contribution in [0.1, 0.15) is 13.8 Å². The Labute approximate surface area is 50.8 Å². The van der Waals surface area contributed by atoms with E-state index >= 15 is 0 Å². The summed E-state index contributed by atoms with van der Waals surface area (Å²) in [5, 5.41) is 0. The van der Waals surface area contributed by atoms with Crippen molar-refractivity contribution in [3.8, 4) is 0 Å². The van der Waals surface area contributed by atoms with Crippen LogP contribution >= 0.6 is 0 Å². The van der Waals surface area contributed by atoms with Gasteiger partial charge in [-0.15, -0.1) is 0 Å². The molecule has 0 aliphatic heterocycles. The number of hydrogen-bond donors (Lipinski definition) is 0. The Bertz CT molecular complexity index is 39.8. The Morgan fingerprint density at radius 1 is 1.50 bits per heavy atom. The first-order valence-corrected chi connectivity index (χ1v) is 2.75. The maximum absolute atomic E-state index is 5.07. The van der Waals surface area contributed by atoms with Gasteiger partial charge in [0.25, 0.3) is 0 Å². The van der Waals surface area contributed by atoms with Crippen molar-refractivity contribution in [3.05, 3.63) is 6.10 Å². The van der Waals surface area contributed by atoms with Crippen LogP contribution in [0.2, 0.25) is 0 Å². The largest absolute Gasteiger partial charge is 0.382 e. The first-order chi connectivity index (χ1) is 3.81. The summed E-state index contributed by atoms with van der Waals surface area (Å²) in [5.41, 5.74) is 0. The molecule has 0 heterocycles. The topological polar surface area (TPSA) is 18.5 Å². The molecule has 0 rings (SSSR count). The van der Waals surface area contributed by atoms with Gasteiger partial charge in [-0.3, -0.25) is 0 Å². The van der Waals surface area contributed by atoms with Crippen molar-refractivity contribution in [3.63, 3.8) is 0 Å². The predicted molar refractivity (Wildman–Crippen MR) is 32.4 cm³/mol. The Balaban J connectivity index is 2.92. The molecule has 8 heavy (non-hydrogen) atoms. The van der Waals surface area contributed by atoms with Crippen molar-refractivity contribution in [2.75, 3.05) is 20.3 Å². The normalized spacial score (nSPS) is 10.5. The van der Waals surface area contributed by atoms with Crippen molar-refractivity contribution >= 4 is 0 Å². The predicted octanol–water partition coefficient (Wildman–Crippen LogP) is 1.22. The van der Waals surface area contributed by atoms with Crippen LogP contribution in [0.4, 0.5) is 0 Å². The van der Waals surface area contributed by atoms with Crippen molar-refractivity contribution < 1.29 is 9.47 Å². The summed E-state index contributed by atoms with van der Waals surface area (Å²) in [6.07, 6.45) is 0.940. The molecule has 0 N–H and O–H groups in total. The first-order valence-electron chi connectivity index (χ1n) is 2.75. The summed E-state index contributed by atoms with van der Waals surface area (Å²) in [7, 11) is 1.66. The van der Waals surface area contributed by atoms with Gasteiger partial charge in [0.2, 0.25) is 0 Å². The van der Waals surface area contributed by atoms with Gasteiger partial charge in [-0.25, -0.2) is 0 Å². The van der Waals surface area contributed by atoms with E-state index in [1.54, 1.807) is 7.11 Å². The summed E-state index contributed by atoms with van der Waals surface area (Å²) >= 11 is 0. The van der Waals surface area contributed by atoms with E-state index in [9.17, 15) is 0 Å². The molecule has 49 valence electrons. The fourth-order valence-electron chi connectivity index (χ4n) is 0.491. The summed E-state index contributed by atoms with van der Waals surface area (Å²) in [5.74, 6) is 0. The molecule has 0 aromatic heterocycles. The summed E-state index contributed by atoms with van der Waals surface area (Å²) in [6.45, 7) is 5.20. The second kappa shape index (κ2) is 5.06. The fraction of sp³-hybridized carbons (Fsp3) is 0.833. The maximum Gasteiger partial charge on any atom is 0.119 e. The van der Waals surface area contributed by atoms with Crippen LogP contribution in [0.5, 0.6) is 0 Å². The minimum absolute atomic E-state index is 0.605. The number of ether oxygens (including phenoxy) is 2. The van der Waals surface area contributed by atoms with Crippen LogP contribution in [0.15, 0.2) is 0 Å². The van der Waals surface area contributed by atoms with Crippen LogP contribution in [0, 0.1) is 6.10 Å². The van der Waals surface area contributed by atoms with Gasteiger partial charge in [0.1, 0.15) is 6.10 Å². The molecule has 0 unspecified atom stereocenters. The van der Waals surface area contributed by atoms with E-state index in [1.165, 1.54) is 0 Å². The maximum atomic E-state index is 5.07. The van der Waals surface area contributed by atoms with Gasteiger partial charge in [-0.1, -0.05) is 0 Å². The zero-order chi connectivity index (χ0) is 6.41. The van der Waals surface area contributed by atoms with Crippen LogP contribution in [0.25, 0.3) is 0 Å². The molecule has 0 aromatic rings. The highest BCUT2D eigenvalue weighted by atomic mass is 16.5. The van der Waals surface area contributed by atoms with Crippen LogP contribution in [-0.4, -0.2) is 20.3 Å². The monoisotopic (exact) mass is 117 g/mol. The quantitative estimate of drug-likeness (QED) is 0.551. The molecule has 1 radical (unpaired) electrons. The van der Waals surface area contributed by atoms with Crippen molar-refractivity contribution in [1.29, 1.82) is 0 Å². The molecule has 0 saturated carbocycles. The zero-order valence-electron chi connectivity index (χ0n) is 5.73. The summed E-state index contributed by atoms with van der Waals surface area (Å²) in [6, 6.07) is 0. The van der Waals surface area contributed by atoms with E-state index in [-0.39, 0.29) is 0 Å². The lowest BCUT2D eigenvalue weighted by Gasteiger charge is -2.06. The van der Waals surface area contributed by atoms with Crippen LogP contribution < -0.4 is 0 Å². The molecular weight excluding hydrogens is 104 g/mol. The molecule has 0 atom stereocenters. The molecule has 0 saturated heterocycles. The van der Waals surface area contributed by atoms with Gasteiger partial charge < -0.3 is 9.47 Å². The van der Waals surface area contributed by atoms with E-state index in [1.807, 2.05) is 13.8 Å². The summed E-state index contributed by atoms with van der Waals surface area (Å²) < 4.78 is 9.87. The third kappa shape index (κ3) is 4.09. The van der Waals surface area contributed by atoms with Gasteiger partial charge in [-0.05, 0) is 13.8 Å². The molecule has 2 heteroatoms. The third-order valence-electron chi connectivity index (χ3n) is 0.738. The molecule has 0 aliphatic carbocycles. The van der Waals surface area contributed by atoms with E-state index in [0.717, 1.165) is 12.7 Å².